The van der Waals surface area contributed by atoms with Crippen molar-refractivity contribution in [1.29, 1.82) is 0 Å². The van der Waals surface area contributed by atoms with E-state index in [9.17, 15) is 4.79 Å². The SMILES string of the molecule is CC/C=C/CC(Cl)CC(=O)O. The molecule has 0 aliphatic rings. The van der Waals surface area contributed by atoms with Gasteiger partial charge in [0.25, 0.3) is 0 Å². The molecular weight excluding hydrogens is 164 g/mol. The highest BCUT2D eigenvalue weighted by Crippen LogP contribution is 2.07. The fourth-order valence-corrected chi connectivity index (χ4v) is 0.918. The first-order chi connectivity index (χ1) is 5.16. The molecule has 11 heavy (non-hydrogen) atoms. The second-order valence-electron chi connectivity index (χ2n) is 2.31. The van der Waals surface area contributed by atoms with Gasteiger partial charge in [0.15, 0.2) is 0 Å². The summed E-state index contributed by atoms with van der Waals surface area (Å²) in [6.07, 6.45) is 5.55. The van der Waals surface area contributed by atoms with Gasteiger partial charge in [0, 0.05) is 5.38 Å². The molecule has 3 heteroatoms. The molecule has 0 bridgehead atoms. The smallest absolute Gasteiger partial charge is 0.304 e. The van der Waals surface area contributed by atoms with Crippen LogP contribution in [-0.4, -0.2) is 16.5 Å². The van der Waals surface area contributed by atoms with Crippen LogP contribution >= 0.6 is 11.6 Å². The highest BCUT2D eigenvalue weighted by Gasteiger charge is 2.06. The summed E-state index contributed by atoms with van der Waals surface area (Å²) >= 11 is 5.68. The maximum atomic E-state index is 10.1. The van der Waals surface area contributed by atoms with Crippen LogP contribution in [0.1, 0.15) is 26.2 Å². The van der Waals surface area contributed by atoms with Gasteiger partial charge in [0.05, 0.1) is 6.42 Å². The Hall–Kier alpha value is -0.500. The maximum absolute atomic E-state index is 10.1. The standard InChI is InChI=1S/C8H13ClO2/c1-2-3-4-5-7(9)6-8(10)11/h3-4,7H,2,5-6H2,1H3,(H,10,11)/b4-3+. The highest BCUT2D eigenvalue weighted by atomic mass is 35.5. The third-order valence-corrected chi connectivity index (χ3v) is 1.52. The van der Waals surface area contributed by atoms with E-state index in [-0.39, 0.29) is 11.8 Å². The van der Waals surface area contributed by atoms with E-state index in [4.69, 9.17) is 16.7 Å². The zero-order valence-electron chi connectivity index (χ0n) is 6.59. The van der Waals surface area contributed by atoms with Gasteiger partial charge in [0.2, 0.25) is 0 Å². The van der Waals surface area contributed by atoms with E-state index in [0.29, 0.717) is 6.42 Å². The second kappa shape index (κ2) is 6.23. The first-order valence-electron chi connectivity index (χ1n) is 3.67. The quantitative estimate of drug-likeness (QED) is 0.516. The summed E-state index contributed by atoms with van der Waals surface area (Å²) in [7, 11) is 0. The number of aliphatic carboxylic acids is 1. The summed E-state index contributed by atoms with van der Waals surface area (Å²) in [4.78, 5) is 10.1. The second-order valence-corrected chi connectivity index (χ2v) is 2.93. The third kappa shape index (κ3) is 7.40. The topological polar surface area (TPSA) is 37.3 Å². The Bertz CT molecular complexity index is 143. The molecule has 0 rings (SSSR count). The molecule has 2 nitrogen and oxygen atoms in total. The average molecular weight is 177 g/mol. The molecular formula is C8H13ClO2. The van der Waals surface area contributed by atoms with Crippen molar-refractivity contribution in [2.45, 2.75) is 31.6 Å². The minimum Gasteiger partial charge on any atom is -0.481 e. The highest BCUT2D eigenvalue weighted by molar-refractivity contribution is 6.21. The van der Waals surface area contributed by atoms with Gasteiger partial charge >= 0.3 is 5.97 Å². The molecule has 0 spiro atoms. The fraction of sp³-hybridized carbons (Fsp3) is 0.625. The Morgan fingerprint density at radius 3 is 2.73 bits per heavy atom. The summed E-state index contributed by atoms with van der Waals surface area (Å²) in [6.45, 7) is 2.02. The van der Waals surface area contributed by atoms with Crippen LogP contribution in [0.4, 0.5) is 0 Å². The lowest BCUT2D eigenvalue weighted by atomic mass is 10.2. The fourth-order valence-electron chi connectivity index (χ4n) is 0.683. The Labute approximate surface area is 71.9 Å². The number of carbonyl (C=O) groups is 1. The van der Waals surface area contributed by atoms with Crippen LogP contribution in [0, 0.1) is 0 Å². The molecule has 1 unspecified atom stereocenters. The van der Waals surface area contributed by atoms with Crippen molar-refractivity contribution in [3.63, 3.8) is 0 Å². The zero-order valence-corrected chi connectivity index (χ0v) is 7.34. The summed E-state index contributed by atoms with van der Waals surface area (Å²) in [5.41, 5.74) is 0. The monoisotopic (exact) mass is 176 g/mol. The van der Waals surface area contributed by atoms with E-state index in [0.717, 1.165) is 6.42 Å². The van der Waals surface area contributed by atoms with Crippen molar-refractivity contribution in [3.05, 3.63) is 12.2 Å². The Kier molecular flexibility index (Phi) is 5.94. The molecule has 0 aromatic carbocycles. The predicted molar refractivity (Wildman–Crippen MR) is 45.9 cm³/mol. The third-order valence-electron chi connectivity index (χ3n) is 1.19. The molecule has 0 heterocycles. The lowest BCUT2D eigenvalue weighted by Gasteiger charge is -2.00. The van der Waals surface area contributed by atoms with Crippen molar-refractivity contribution >= 4 is 17.6 Å². The maximum Gasteiger partial charge on any atom is 0.304 e. The molecule has 0 amide bonds. The number of halogens is 1. The van der Waals surface area contributed by atoms with Crippen molar-refractivity contribution < 1.29 is 9.90 Å². The van der Waals surface area contributed by atoms with Crippen molar-refractivity contribution in [2.24, 2.45) is 0 Å². The molecule has 64 valence electrons. The summed E-state index contributed by atoms with van der Waals surface area (Å²) in [6, 6.07) is 0. The Morgan fingerprint density at radius 1 is 1.64 bits per heavy atom. The van der Waals surface area contributed by atoms with E-state index < -0.39 is 5.97 Å². The average Bonchev–Trinajstić information content (AvgIpc) is 1.86. The van der Waals surface area contributed by atoms with E-state index >= 15 is 0 Å². The molecule has 0 saturated heterocycles. The van der Waals surface area contributed by atoms with E-state index in [1.165, 1.54) is 0 Å². The summed E-state index contributed by atoms with van der Waals surface area (Å²) in [5, 5.41) is 8.06. The van der Waals surface area contributed by atoms with Gasteiger partial charge in [0.1, 0.15) is 0 Å². The molecule has 0 saturated carbocycles. The van der Waals surface area contributed by atoms with Gasteiger partial charge in [-0.1, -0.05) is 19.1 Å². The van der Waals surface area contributed by atoms with Gasteiger partial charge in [-0.15, -0.1) is 11.6 Å². The van der Waals surface area contributed by atoms with E-state index in [1.54, 1.807) is 0 Å². The van der Waals surface area contributed by atoms with Crippen LogP contribution in [0.3, 0.4) is 0 Å². The molecule has 1 N–H and O–H groups in total. The van der Waals surface area contributed by atoms with Crippen LogP contribution in [0.25, 0.3) is 0 Å². The van der Waals surface area contributed by atoms with Crippen LogP contribution in [0.15, 0.2) is 12.2 Å². The largest absolute Gasteiger partial charge is 0.481 e. The van der Waals surface area contributed by atoms with Crippen LogP contribution in [0.5, 0.6) is 0 Å². The number of carboxylic acids is 1. The van der Waals surface area contributed by atoms with Gasteiger partial charge < -0.3 is 5.11 Å². The molecule has 0 aromatic heterocycles. The Balaban J connectivity index is 3.44. The molecule has 0 aliphatic heterocycles. The first kappa shape index (κ1) is 10.5. The molecule has 0 radical (unpaired) electrons. The molecule has 0 fully saturated rings. The van der Waals surface area contributed by atoms with Crippen LogP contribution in [-0.2, 0) is 4.79 Å². The van der Waals surface area contributed by atoms with Crippen molar-refractivity contribution in [1.82, 2.24) is 0 Å². The number of rotatable bonds is 5. The Morgan fingerprint density at radius 2 is 2.27 bits per heavy atom. The van der Waals surface area contributed by atoms with Crippen LogP contribution < -0.4 is 0 Å². The van der Waals surface area contributed by atoms with Gasteiger partial charge in [-0.3, -0.25) is 4.79 Å². The number of allylic oxidation sites excluding steroid dienone is 2. The zero-order chi connectivity index (χ0) is 8.69. The minimum atomic E-state index is -0.838. The van der Waals surface area contributed by atoms with Crippen LogP contribution in [0.2, 0.25) is 0 Å². The minimum absolute atomic E-state index is 0.0373. The lowest BCUT2D eigenvalue weighted by molar-refractivity contribution is -0.136. The number of hydrogen-bond acceptors (Lipinski definition) is 1. The van der Waals surface area contributed by atoms with E-state index in [2.05, 4.69) is 0 Å². The van der Waals surface area contributed by atoms with Crippen molar-refractivity contribution in [2.75, 3.05) is 0 Å². The molecule has 0 aliphatic carbocycles. The molecule has 1 atom stereocenters. The number of hydrogen-bond donors (Lipinski definition) is 1. The lowest BCUT2D eigenvalue weighted by Crippen LogP contribution is -2.05. The van der Waals surface area contributed by atoms with Gasteiger partial charge in [-0.05, 0) is 12.8 Å². The molecule has 0 aromatic rings. The predicted octanol–water partition coefficient (Wildman–Crippen LogP) is 2.42. The first-order valence-corrected chi connectivity index (χ1v) is 4.11. The summed E-state index contributed by atoms with van der Waals surface area (Å²) in [5.74, 6) is -0.838. The van der Waals surface area contributed by atoms with Gasteiger partial charge in [-0.25, -0.2) is 0 Å². The van der Waals surface area contributed by atoms with Gasteiger partial charge in [-0.2, -0.15) is 0 Å². The van der Waals surface area contributed by atoms with Crippen molar-refractivity contribution in [3.8, 4) is 0 Å². The van der Waals surface area contributed by atoms with E-state index in [1.807, 2.05) is 19.1 Å². The number of carboxylic acid groups (broad SMARTS) is 1. The normalized spacial score (nSPS) is 13.6. The summed E-state index contributed by atoms with van der Waals surface area (Å²) < 4.78 is 0. The number of alkyl halides is 1.